The summed E-state index contributed by atoms with van der Waals surface area (Å²) < 4.78 is 0. The zero-order chi connectivity index (χ0) is 18.3. The van der Waals surface area contributed by atoms with Crippen LogP contribution in [0, 0.1) is 0 Å². The van der Waals surface area contributed by atoms with E-state index < -0.39 is 12.1 Å². The van der Waals surface area contributed by atoms with Crippen LogP contribution in [0.4, 0.5) is 0 Å². The Kier molecular flexibility index (Phi) is 4.11. The quantitative estimate of drug-likeness (QED) is 0.889. The highest BCUT2D eigenvalue weighted by molar-refractivity contribution is 6.07. The fraction of sp³-hybridized carbons (Fsp3) is 0.350. The van der Waals surface area contributed by atoms with Gasteiger partial charge in [0.05, 0.1) is 6.54 Å². The average Bonchev–Trinajstić information content (AvgIpc) is 2.69. The molecule has 6 heteroatoms. The lowest BCUT2D eigenvalue weighted by Crippen LogP contribution is -2.69. The maximum atomic E-state index is 13.1. The molecule has 0 saturated carbocycles. The van der Waals surface area contributed by atoms with Gasteiger partial charge in [0, 0.05) is 18.7 Å². The summed E-state index contributed by atoms with van der Waals surface area (Å²) in [5, 5.41) is 4.68. The molecule has 2 saturated heterocycles. The number of piperazine rings is 2. The summed E-state index contributed by atoms with van der Waals surface area (Å²) in [7, 11) is 0. The predicted octanol–water partition coefficient (Wildman–Crippen LogP) is 1.40. The predicted molar refractivity (Wildman–Crippen MR) is 97.6 cm³/mol. The van der Waals surface area contributed by atoms with Gasteiger partial charge in [0.2, 0.25) is 11.8 Å². The highest BCUT2D eigenvalue weighted by Gasteiger charge is 2.43. The molecular formula is C20H21N3O3. The SMILES string of the molecule is CC[C@@H]1NC(=O)[C@H]2CN(C(=O)c3cccc4ccccc34)CCN2C1=O. The van der Waals surface area contributed by atoms with Crippen molar-refractivity contribution in [3.63, 3.8) is 0 Å². The topological polar surface area (TPSA) is 69.7 Å². The number of nitrogens with zero attached hydrogens (tertiary/aromatic N) is 2. The van der Waals surface area contributed by atoms with Crippen LogP contribution in [0.5, 0.6) is 0 Å². The van der Waals surface area contributed by atoms with Gasteiger partial charge < -0.3 is 15.1 Å². The van der Waals surface area contributed by atoms with E-state index in [1.165, 1.54) is 0 Å². The van der Waals surface area contributed by atoms with E-state index in [9.17, 15) is 14.4 Å². The lowest BCUT2D eigenvalue weighted by atomic mass is 10.0. The molecule has 2 fully saturated rings. The fourth-order valence-corrected chi connectivity index (χ4v) is 3.84. The first-order chi connectivity index (χ1) is 12.6. The van der Waals surface area contributed by atoms with Crippen LogP contribution in [0.2, 0.25) is 0 Å². The Hall–Kier alpha value is -2.89. The number of fused-ring (bicyclic) bond motifs is 2. The second-order valence-corrected chi connectivity index (χ2v) is 6.79. The van der Waals surface area contributed by atoms with Crippen LogP contribution < -0.4 is 5.32 Å². The van der Waals surface area contributed by atoms with Crippen molar-refractivity contribution in [3.8, 4) is 0 Å². The molecule has 0 bridgehead atoms. The van der Waals surface area contributed by atoms with Gasteiger partial charge in [-0.2, -0.15) is 0 Å². The van der Waals surface area contributed by atoms with Gasteiger partial charge in [0.15, 0.2) is 0 Å². The molecule has 134 valence electrons. The van der Waals surface area contributed by atoms with Crippen molar-refractivity contribution in [2.75, 3.05) is 19.6 Å². The third-order valence-electron chi connectivity index (χ3n) is 5.30. The number of carbonyl (C=O) groups excluding carboxylic acids is 3. The van der Waals surface area contributed by atoms with Crippen LogP contribution >= 0.6 is 0 Å². The first-order valence-corrected chi connectivity index (χ1v) is 8.98. The molecule has 26 heavy (non-hydrogen) atoms. The van der Waals surface area contributed by atoms with Crippen molar-refractivity contribution >= 4 is 28.5 Å². The second kappa shape index (κ2) is 6.44. The van der Waals surface area contributed by atoms with Gasteiger partial charge in [-0.3, -0.25) is 14.4 Å². The van der Waals surface area contributed by atoms with Gasteiger partial charge in [-0.05, 0) is 23.3 Å². The van der Waals surface area contributed by atoms with Gasteiger partial charge in [0.1, 0.15) is 12.1 Å². The summed E-state index contributed by atoms with van der Waals surface area (Å²) in [6.07, 6.45) is 0.576. The number of hydrogen-bond donors (Lipinski definition) is 1. The Morgan fingerprint density at radius 3 is 2.69 bits per heavy atom. The summed E-state index contributed by atoms with van der Waals surface area (Å²) in [6, 6.07) is 12.4. The van der Waals surface area contributed by atoms with Gasteiger partial charge in [-0.1, -0.05) is 43.3 Å². The molecule has 2 aromatic rings. The molecular weight excluding hydrogens is 330 g/mol. The Labute approximate surface area is 151 Å². The van der Waals surface area contributed by atoms with E-state index in [0.717, 1.165) is 10.8 Å². The van der Waals surface area contributed by atoms with Crippen molar-refractivity contribution in [2.45, 2.75) is 25.4 Å². The van der Waals surface area contributed by atoms with E-state index in [1.54, 1.807) is 9.80 Å². The van der Waals surface area contributed by atoms with Crippen molar-refractivity contribution in [1.29, 1.82) is 0 Å². The van der Waals surface area contributed by atoms with Crippen LogP contribution in [0.15, 0.2) is 42.5 Å². The Morgan fingerprint density at radius 1 is 1.12 bits per heavy atom. The van der Waals surface area contributed by atoms with Crippen LogP contribution in [0.1, 0.15) is 23.7 Å². The minimum absolute atomic E-state index is 0.0469. The molecule has 6 nitrogen and oxygen atoms in total. The molecule has 2 heterocycles. The third-order valence-corrected chi connectivity index (χ3v) is 5.30. The number of amides is 3. The number of benzene rings is 2. The van der Waals surface area contributed by atoms with Crippen LogP contribution in [0.25, 0.3) is 10.8 Å². The standard InChI is InChI=1S/C20H21N3O3/c1-2-16-20(26)23-11-10-22(12-17(23)18(24)21-16)19(25)15-9-5-7-13-6-3-4-8-14(13)15/h3-9,16-17H,2,10-12H2,1H3,(H,21,24)/t16-,17+/m0/s1. The first kappa shape index (κ1) is 16.6. The summed E-state index contributed by atoms with van der Waals surface area (Å²) in [5.41, 5.74) is 0.630. The summed E-state index contributed by atoms with van der Waals surface area (Å²) in [4.78, 5) is 41.3. The van der Waals surface area contributed by atoms with Gasteiger partial charge in [-0.15, -0.1) is 0 Å². The zero-order valence-electron chi connectivity index (χ0n) is 14.6. The second-order valence-electron chi connectivity index (χ2n) is 6.79. The highest BCUT2D eigenvalue weighted by atomic mass is 16.2. The van der Waals surface area contributed by atoms with E-state index in [0.29, 0.717) is 25.1 Å². The van der Waals surface area contributed by atoms with Crippen molar-refractivity contribution < 1.29 is 14.4 Å². The fourth-order valence-electron chi connectivity index (χ4n) is 3.84. The van der Waals surface area contributed by atoms with E-state index >= 15 is 0 Å². The molecule has 0 aliphatic carbocycles. The number of rotatable bonds is 2. The molecule has 3 amide bonds. The largest absolute Gasteiger partial charge is 0.342 e. The summed E-state index contributed by atoms with van der Waals surface area (Å²) in [6.45, 7) is 2.94. The molecule has 2 aromatic carbocycles. The smallest absolute Gasteiger partial charge is 0.254 e. The van der Waals surface area contributed by atoms with E-state index in [2.05, 4.69) is 5.32 Å². The van der Waals surface area contributed by atoms with E-state index in [1.807, 2.05) is 49.4 Å². The Morgan fingerprint density at radius 2 is 1.88 bits per heavy atom. The lowest BCUT2D eigenvalue weighted by Gasteiger charge is -2.45. The molecule has 0 unspecified atom stereocenters. The highest BCUT2D eigenvalue weighted by Crippen LogP contribution is 2.23. The van der Waals surface area contributed by atoms with Crippen LogP contribution in [-0.2, 0) is 9.59 Å². The number of nitrogens with one attached hydrogen (secondary N) is 1. The van der Waals surface area contributed by atoms with Crippen molar-refractivity contribution in [1.82, 2.24) is 15.1 Å². The van der Waals surface area contributed by atoms with Crippen molar-refractivity contribution in [3.05, 3.63) is 48.0 Å². The molecule has 0 aromatic heterocycles. The maximum Gasteiger partial charge on any atom is 0.254 e. The van der Waals surface area contributed by atoms with E-state index in [-0.39, 0.29) is 24.3 Å². The Balaban J connectivity index is 1.59. The minimum atomic E-state index is -0.599. The van der Waals surface area contributed by atoms with Gasteiger partial charge in [-0.25, -0.2) is 0 Å². The summed E-state index contributed by atoms with van der Waals surface area (Å²) in [5.74, 6) is -0.319. The maximum absolute atomic E-state index is 13.1. The zero-order valence-corrected chi connectivity index (χ0v) is 14.6. The van der Waals surface area contributed by atoms with Crippen LogP contribution in [-0.4, -0.2) is 59.2 Å². The van der Waals surface area contributed by atoms with Crippen molar-refractivity contribution in [2.24, 2.45) is 0 Å². The van der Waals surface area contributed by atoms with E-state index in [4.69, 9.17) is 0 Å². The van der Waals surface area contributed by atoms with Gasteiger partial charge >= 0.3 is 0 Å². The monoisotopic (exact) mass is 351 g/mol. The summed E-state index contributed by atoms with van der Waals surface area (Å²) >= 11 is 0. The number of hydrogen-bond acceptors (Lipinski definition) is 3. The molecule has 2 aliphatic heterocycles. The molecule has 0 spiro atoms. The average molecular weight is 351 g/mol. The first-order valence-electron chi connectivity index (χ1n) is 8.98. The molecule has 4 rings (SSSR count). The number of carbonyl (C=O) groups is 3. The lowest BCUT2D eigenvalue weighted by molar-refractivity contribution is -0.152. The third kappa shape index (κ3) is 2.62. The molecule has 0 radical (unpaired) electrons. The molecule has 2 atom stereocenters. The Bertz CT molecular complexity index is 890. The van der Waals surface area contributed by atoms with Crippen LogP contribution in [0.3, 0.4) is 0 Å². The minimum Gasteiger partial charge on any atom is -0.342 e. The van der Waals surface area contributed by atoms with Gasteiger partial charge in [0.25, 0.3) is 5.91 Å². The normalized spacial score (nSPS) is 23.0. The molecule has 1 N–H and O–H groups in total. The molecule has 2 aliphatic rings.